The topological polar surface area (TPSA) is 59.6 Å². The number of fused-ring (bicyclic) bond motifs is 1. The molecule has 0 fully saturated rings. The molecule has 0 aliphatic rings. The number of nitrogen functional groups attached to an aromatic ring is 1. The third-order valence-electron chi connectivity index (χ3n) is 3.24. The maximum absolute atomic E-state index is 6.11. The van der Waals surface area contributed by atoms with Gasteiger partial charge in [0.1, 0.15) is 5.82 Å². The Bertz CT molecular complexity index is 719. The van der Waals surface area contributed by atoms with Gasteiger partial charge in [0.15, 0.2) is 0 Å². The first-order valence-corrected chi connectivity index (χ1v) is 6.02. The summed E-state index contributed by atoms with van der Waals surface area (Å²) in [6.45, 7) is 2.00. The van der Waals surface area contributed by atoms with Crippen molar-refractivity contribution in [3.63, 3.8) is 0 Å². The molecule has 2 aromatic heterocycles. The van der Waals surface area contributed by atoms with E-state index >= 15 is 0 Å². The molecule has 1 aromatic carbocycles. The lowest BCUT2D eigenvalue weighted by atomic mass is 10.1. The van der Waals surface area contributed by atoms with Crippen molar-refractivity contribution in [3.8, 4) is 11.3 Å². The molecule has 3 N–H and O–H groups in total. The zero-order chi connectivity index (χ0) is 12.9. The van der Waals surface area contributed by atoms with E-state index in [2.05, 4.69) is 10.1 Å². The van der Waals surface area contributed by atoms with Gasteiger partial charge in [-0.1, -0.05) is 17.7 Å². The summed E-state index contributed by atoms with van der Waals surface area (Å²) in [5.41, 5.74) is 9.81. The molecule has 0 aliphatic heterocycles. The van der Waals surface area contributed by atoms with Gasteiger partial charge in [-0.25, -0.2) is 0 Å². The molecule has 0 bridgehead atoms. The number of nitrogens with zero attached hydrogens (tertiary/aromatic N) is 2. The molecule has 0 saturated heterocycles. The summed E-state index contributed by atoms with van der Waals surface area (Å²) < 4.78 is 1.66. The molecule has 0 aliphatic carbocycles. The molecule has 0 unspecified atom stereocenters. The van der Waals surface area contributed by atoms with Crippen LogP contribution in [0.3, 0.4) is 0 Å². The monoisotopic (exact) mass is 260 g/mol. The first-order chi connectivity index (χ1) is 8.58. The van der Waals surface area contributed by atoms with Gasteiger partial charge < -0.3 is 10.7 Å². The average molecular weight is 261 g/mol. The number of nitrogens with two attached hydrogens (primary N) is 1. The Hall–Kier alpha value is -1.94. The molecule has 4 nitrogen and oxygen atoms in total. The Labute approximate surface area is 109 Å². The second-order valence-electron chi connectivity index (χ2n) is 4.38. The van der Waals surface area contributed by atoms with E-state index in [0.717, 1.165) is 32.7 Å². The van der Waals surface area contributed by atoms with Gasteiger partial charge in [0.25, 0.3) is 0 Å². The molecular weight excluding hydrogens is 248 g/mol. The van der Waals surface area contributed by atoms with E-state index in [-0.39, 0.29) is 0 Å². The third kappa shape index (κ3) is 1.49. The number of benzene rings is 1. The second kappa shape index (κ2) is 3.78. The van der Waals surface area contributed by atoms with Gasteiger partial charge >= 0.3 is 0 Å². The van der Waals surface area contributed by atoms with E-state index in [1.165, 1.54) is 0 Å². The van der Waals surface area contributed by atoms with Gasteiger partial charge in [-0.05, 0) is 18.6 Å². The number of rotatable bonds is 1. The van der Waals surface area contributed by atoms with E-state index in [9.17, 15) is 0 Å². The van der Waals surface area contributed by atoms with Crippen LogP contribution in [0.4, 0.5) is 5.82 Å². The molecule has 0 spiro atoms. The second-order valence-corrected chi connectivity index (χ2v) is 4.78. The van der Waals surface area contributed by atoms with Crippen molar-refractivity contribution in [1.29, 1.82) is 0 Å². The van der Waals surface area contributed by atoms with Crippen LogP contribution in [-0.2, 0) is 7.05 Å². The highest BCUT2D eigenvalue weighted by Crippen LogP contribution is 2.32. The van der Waals surface area contributed by atoms with Crippen molar-refractivity contribution >= 4 is 28.3 Å². The van der Waals surface area contributed by atoms with Gasteiger partial charge in [0.05, 0.1) is 11.2 Å². The zero-order valence-electron chi connectivity index (χ0n) is 10.2. The average Bonchev–Trinajstić information content (AvgIpc) is 2.89. The zero-order valence-corrected chi connectivity index (χ0v) is 10.9. The van der Waals surface area contributed by atoms with Crippen molar-refractivity contribution < 1.29 is 0 Å². The Morgan fingerprint density at radius 2 is 2.17 bits per heavy atom. The fourth-order valence-electron chi connectivity index (χ4n) is 2.14. The highest BCUT2D eigenvalue weighted by molar-refractivity contribution is 6.32. The molecule has 92 valence electrons. The quantitative estimate of drug-likeness (QED) is 0.706. The first kappa shape index (κ1) is 11.2. The molecule has 3 rings (SSSR count). The lowest BCUT2D eigenvalue weighted by molar-refractivity contribution is 0.782. The fraction of sp³-hybridized carbons (Fsp3) is 0.154. The summed E-state index contributed by atoms with van der Waals surface area (Å²) in [6, 6.07) is 5.77. The summed E-state index contributed by atoms with van der Waals surface area (Å²) in [6.07, 6.45) is 1.94. The molecule has 2 heterocycles. The van der Waals surface area contributed by atoms with Crippen LogP contribution in [0.5, 0.6) is 0 Å². The molecule has 5 heteroatoms. The third-order valence-corrected chi connectivity index (χ3v) is 3.65. The molecule has 0 radical (unpaired) electrons. The summed E-state index contributed by atoms with van der Waals surface area (Å²) in [4.78, 5) is 3.25. The molecule has 0 amide bonds. The maximum atomic E-state index is 6.11. The number of nitrogens with one attached hydrogen (secondary N) is 1. The van der Waals surface area contributed by atoms with Crippen molar-refractivity contribution in [2.45, 2.75) is 6.92 Å². The van der Waals surface area contributed by atoms with Gasteiger partial charge in [-0.3, -0.25) is 4.68 Å². The Morgan fingerprint density at radius 1 is 1.39 bits per heavy atom. The lowest BCUT2D eigenvalue weighted by Gasteiger charge is -2.00. The van der Waals surface area contributed by atoms with Crippen molar-refractivity contribution in [2.75, 3.05) is 5.73 Å². The lowest BCUT2D eigenvalue weighted by Crippen LogP contribution is -1.96. The van der Waals surface area contributed by atoms with Gasteiger partial charge in [0.2, 0.25) is 0 Å². The minimum Gasteiger partial charge on any atom is -0.384 e. The van der Waals surface area contributed by atoms with E-state index in [0.29, 0.717) is 5.82 Å². The van der Waals surface area contributed by atoms with E-state index in [4.69, 9.17) is 17.3 Å². The summed E-state index contributed by atoms with van der Waals surface area (Å²) in [7, 11) is 1.83. The van der Waals surface area contributed by atoms with E-state index in [1.807, 2.05) is 38.4 Å². The number of hydrogen-bond donors (Lipinski definition) is 2. The van der Waals surface area contributed by atoms with Crippen molar-refractivity contribution in [1.82, 2.24) is 14.8 Å². The number of halogens is 1. The van der Waals surface area contributed by atoms with E-state index in [1.54, 1.807) is 4.68 Å². The van der Waals surface area contributed by atoms with Gasteiger partial charge in [-0.15, -0.1) is 0 Å². The summed E-state index contributed by atoms with van der Waals surface area (Å²) in [5, 5.41) is 6.26. The SMILES string of the molecule is Cc1c(Cl)ccc2c(-c3cc(N)n(C)n3)c[nH]c12. The molecule has 3 aromatic rings. The molecule has 18 heavy (non-hydrogen) atoms. The van der Waals surface area contributed by atoms with Gasteiger partial charge in [-0.2, -0.15) is 5.10 Å². The predicted octanol–water partition coefficient (Wildman–Crippen LogP) is 3.11. The van der Waals surface area contributed by atoms with Crippen LogP contribution in [0.1, 0.15) is 5.56 Å². The number of hydrogen-bond acceptors (Lipinski definition) is 2. The standard InChI is InChI=1S/C13H13ClN4/c1-7-10(14)4-3-8-9(6-16-13(7)8)11-5-12(15)18(2)17-11/h3-6,16H,15H2,1-2H3. The Morgan fingerprint density at radius 3 is 2.83 bits per heavy atom. The number of H-pyrrole nitrogens is 1. The molecule has 0 saturated carbocycles. The van der Waals surface area contributed by atoms with Crippen molar-refractivity contribution in [2.24, 2.45) is 7.05 Å². The Kier molecular flexibility index (Phi) is 2.35. The smallest absolute Gasteiger partial charge is 0.121 e. The molecule has 0 atom stereocenters. The van der Waals surface area contributed by atoms with Crippen LogP contribution < -0.4 is 5.73 Å². The van der Waals surface area contributed by atoms with Crippen LogP contribution in [-0.4, -0.2) is 14.8 Å². The number of anilines is 1. The summed E-state index contributed by atoms with van der Waals surface area (Å²) >= 11 is 6.11. The maximum Gasteiger partial charge on any atom is 0.121 e. The van der Waals surface area contributed by atoms with Crippen LogP contribution >= 0.6 is 11.6 Å². The fourth-order valence-corrected chi connectivity index (χ4v) is 2.30. The number of aromatic nitrogens is 3. The first-order valence-electron chi connectivity index (χ1n) is 5.64. The minimum atomic E-state index is 0.644. The van der Waals surface area contributed by atoms with Gasteiger partial charge in [0, 0.05) is 35.3 Å². The highest BCUT2D eigenvalue weighted by Gasteiger charge is 2.12. The van der Waals surface area contributed by atoms with Crippen LogP contribution in [0.15, 0.2) is 24.4 Å². The number of aryl methyl sites for hydroxylation is 2. The van der Waals surface area contributed by atoms with E-state index < -0.39 is 0 Å². The van der Waals surface area contributed by atoms with Crippen LogP contribution in [0, 0.1) is 6.92 Å². The van der Waals surface area contributed by atoms with Crippen molar-refractivity contribution in [3.05, 3.63) is 35.0 Å². The van der Waals surface area contributed by atoms with Crippen LogP contribution in [0.2, 0.25) is 5.02 Å². The normalized spacial score (nSPS) is 11.3. The summed E-state index contributed by atoms with van der Waals surface area (Å²) in [5.74, 6) is 0.644. The highest BCUT2D eigenvalue weighted by atomic mass is 35.5. The Balaban J connectivity index is 2.28. The predicted molar refractivity (Wildman–Crippen MR) is 74.7 cm³/mol. The van der Waals surface area contributed by atoms with Crippen LogP contribution in [0.25, 0.3) is 22.2 Å². The number of aromatic amines is 1. The largest absolute Gasteiger partial charge is 0.384 e. The minimum absolute atomic E-state index is 0.644. The molecular formula is C13H13ClN4.